The Morgan fingerprint density at radius 3 is 2.72 bits per heavy atom. The maximum atomic E-state index is 14.4. The van der Waals surface area contributed by atoms with Crippen LogP contribution < -0.4 is 5.73 Å². The molecule has 1 saturated heterocycles. The number of nitrogens with zero attached hydrogens (tertiary/aromatic N) is 2. The predicted molar refractivity (Wildman–Crippen MR) is 76.2 cm³/mol. The summed E-state index contributed by atoms with van der Waals surface area (Å²) in [7, 11) is 0. The highest BCUT2D eigenvalue weighted by molar-refractivity contribution is 5.74. The van der Waals surface area contributed by atoms with E-state index in [1.165, 1.54) is 6.92 Å². The van der Waals surface area contributed by atoms with Gasteiger partial charge in [-0.05, 0) is 13.0 Å². The van der Waals surface area contributed by atoms with Crippen LogP contribution in [-0.2, 0) is 15.0 Å². The first-order valence-electron chi connectivity index (χ1n) is 7.14. The van der Waals surface area contributed by atoms with Gasteiger partial charge in [-0.25, -0.2) is 9.38 Å². The van der Waals surface area contributed by atoms with Gasteiger partial charge in [0, 0.05) is 17.7 Å². The summed E-state index contributed by atoms with van der Waals surface area (Å²) < 4.78 is 65.3. The Labute approximate surface area is 138 Å². The fraction of sp³-hybridized carbons (Fsp3) is 0.500. The number of hydrogen-bond acceptors (Lipinski definition) is 6. The highest BCUT2D eigenvalue weighted by atomic mass is 19.4. The number of fused-ring (bicyclic) bond motifs is 1. The summed E-state index contributed by atoms with van der Waals surface area (Å²) in [5.74, 6) is -2.40. The Bertz CT molecular complexity index is 769. The number of rotatable bonds is 2. The van der Waals surface area contributed by atoms with E-state index in [0.717, 1.165) is 18.2 Å². The van der Waals surface area contributed by atoms with Gasteiger partial charge in [-0.15, -0.1) is 0 Å². The molecule has 136 valence electrons. The third-order valence-corrected chi connectivity index (χ3v) is 4.66. The van der Waals surface area contributed by atoms with Crippen LogP contribution in [0, 0.1) is 21.8 Å². The number of aliphatic imine (C=N–C) groups is 1. The van der Waals surface area contributed by atoms with Crippen molar-refractivity contribution >= 4 is 11.7 Å². The molecule has 2 aliphatic heterocycles. The second-order valence-electron chi connectivity index (χ2n) is 6.08. The van der Waals surface area contributed by atoms with Gasteiger partial charge >= 0.3 is 6.18 Å². The minimum atomic E-state index is -4.87. The van der Waals surface area contributed by atoms with Crippen LogP contribution in [0.1, 0.15) is 12.5 Å². The number of non-ortho nitro benzene ring substituents is 1. The van der Waals surface area contributed by atoms with Crippen LogP contribution in [0.2, 0.25) is 0 Å². The summed E-state index contributed by atoms with van der Waals surface area (Å²) in [6, 6.07) is 1.80. The van der Waals surface area contributed by atoms with Crippen molar-refractivity contribution in [3.8, 4) is 0 Å². The quantitative estimate of drug-likeness (QED) is 0.493. The molecule has 1 aromatic carbocycles. The Hall–Kier alpha value is -2.43. The number of halogens is 4. The van der Waals surface area contributed by atoms with Crippen LogP contribution in [0.5, 0.6) is 0 Å². The number of benzene rings is 1. The van der Waals surface area contributed by atoms with Crippen molar-refractivity contribution in [1.82, 2.24) is 0 Å². The Balaban J connectivity index is 2.23. The number of nitro groups is 1. The van der Waals surface area contributed by atoms with Gasteiger partial charge in [0.1, 0.15) is 11.4 Å². The predicted octanol–water partition coefficient (Wildman–Crippen LogP) is 2.24. The summed E-state index contributed by atoms with van der Waals surface area (Å²) in [4.78, 5) is 14.1. The first-order chi connectivity index (χ1) is 11.5. The molecule has 2 aliphatic rings. The van der Waals surface area contributed by atoms with Gasteiger partial charge in [0.2, 0.25) is 5.60 Å². The lowest BCUT2D eigenvalue weighted by Gasteiger charge is -2.46. The summed E-state index contributed by atoms with van der Waals surface area (Å²) in [6.45, 7) is -0.0250. The van der Waals surface area contributed by atoms with Crippen molar-refractivity contribution in [2.45, 2.75) is 24.2 Å². The van der Waals surface area contributed by atoms with Crippen LogP contribution >= 0.6 is 0 Å². The zero-order valence-electron chi connectivity index (χ0n) is 12.8. The van der Waals surface area contributed by atoms with Gasteiger partial charge in [0.25, 0.3) is 11.7 Å². The molecule has 3 rings (SSSR count). The average molecular weight is 363 g/mol. The van der Waals surface area contributed by atoms with E-state index in [-0.39, 0.29) is 5.56 Å². The van der Waals surface area contributed by atoms with E-state index >= 15 is 0 Å². The molecule has 0 spiro atoms. The molecule has 2 heterocycles. The molecule has 0 amide bonds. The van der Waals surface area contributed by atoms with E-state index in [2.05, 4.69) is 4.99 Å². The minimum absolute atomic E-state index is 0.378. The molecular formula is C14H13F4N3O4. The normalized spacial score (nSPS) is 31.9. The van der Waals surface area contributed by atoms with E-state index < -0.39 is 58.9 Å². The zero-order valence-corrected chi connectivity index (χ0v) is 12.8. The lowest BCUT2D eigenvalue weighted by atomic mass is 9.71. The van der Waals surface area contributed by atoms with Crippen molar-refractivity contribution in [2.75, 3.05) is 13.2 Å². The van der Waals surface area contributed by atoms with Gasteiger partial charge in [0.05, 0.1) is 24.1 Å². The van der Waals surface area contributed by atoms with Crippen molar-refractivity contribution in [2.24, 2.45) is 16.6 Å². The third-order valence-electron chi connectivity index (χ3n) is 4.66. The average Bonchev–Trinajstić information content (AvgIpc) is 2.92. The van der Waals surface area contributed by atoms with Crippen LogP contribution in [-0.4, -0.2) is 35.9 Å². The number of hydrogen-bond donors (Lipinski definition) is 1. The largest absolute Gasteiger partial charge is 0.446 e. The molecule has 0 bridgehead atoms. The van der Waals surface area contributed by atoms with E-state index in [0.29, 0.717) is 0 Å². The van der Waals surface area contributed by atoms with Crippen LogP contribution in [0.4, 0.5) is 23.2 Å². The lowest BCUT2D eigenvalue weighted by molar-refractivity contribution is -0.385. The van der Waals surface area contributed by atoms with Crippen LogP contribution in [0.3, 0.4) is 0 Å². The highest BCUT2D eigenvalue weighted by Gasteiger charge is 2.71. The molecule has 0 saturated carbocycles. The monoisotopic (exact) mass is 363 g/mol. The molecule has 0 aliphatic carbocycles. The maximum Gasteiger partial charge on any atom is 0.431 e. The number of amidine groups is 1. The zero-order chi connectivity index (χ0) is 18.6. The summed E-state index contributed by atoms with van der Waals surface area (Å²) in [6.07, 6.45) is -4.87. The topological polar surface area (TPSA) is 100.0 Å². The summed E-state index contributed by atoms with van der Waals surface area (Å²) in [5, 5.41) is 11.0. The molecule has 11 heteroatoms. The molecule has 1 fully saturated rings. The third kappa shape index (κ3) is 2.41. The smallest absolute Gasteiger partial charge is 0.431 e. The van der Waals surface area contributed by atoms with E-state index in [4.69, 9.17) is 15.2 Å². The van der Waals surface area contributed by atoms with Crippen molar-refractivity contribution in [1.29, 1.82) is 0 Å². The molecular weight excluding hydrogens is 350 g/mol. The molecule has 0 aromatic heterocycles. The Morgan fingerprint density at radius 1 is 1.44 bits per heavy atom. The number of alkyl halides is 3. The van der Waals surface area contributed by atoms with Crippen molar-refractivity contribution in [3.05, 3.63) is 39.7 Å². The SMILES string of the molecule is C[C@]1(c2cc([N+](=O)[O-])ccc2F)N=C(N)O[C@]2(C(F)(F)F)COC[C@H]12. The first-order valence-corrected chi connectivity index (χ1v) is 7.14. The Kier molecular flexibility index (Phi) is 3.67. The van der Waals surface area contributed by atoms with Crippen LogP contribution in [0.15, 0.2) is 23.2 Å². The number of nitrogens with two attached hydrogens (primary N) is 1. The number of ether oxygens (including phenoxy) is 2. The van der Waals surface area contributed by atoms with Gasteiger partial charge < -0.3 is 15.2 Å². The summed E-state index contributed by atoms with van der Waals surface area (Å²) in [5.41, 5.74) is -0.0634. The van der Waals surface area contributed by atoms with Crippen molar-refractivity contribution < 1.29 is 32.0 Å². The second kappa shape index (κ2) is 5.28. The standard InChI is InChI=1S/C14H13F4N3O4/c1-12(8-4-7(21(22)23)2-3-9(8)15)10-5-24-6-13(10,14(16,17)18)25-11(19)20-12/h2-4,10H,5-6H2,1H3,(H2,19,20)/t10-,12-,13-/m1/s1. The molecule has 25 heavy (non-hydrogen) atoms. The molecule has 0 radical (unpaired) electrons. The minimum Gasteiger partial charge on any atom is -0.446 e. The molecule has 2 N–H and O–H groups in total. The Morgan fingerprint density at radius 2 is 2.12 bits per heavy atom. The highest BCUT2D eigenvalue weighted by Crippen LogP contribution is 2.54. The second-order valence-corrected chi connectivity index (χ2v) is 6.08. The van der Waals surface area contributed by atoms with Gasteiger partial charge in [-0.3, -0.25) is 10.1 Å². The molecule has 7 nitrogen and oxygen atoms in total. The van der Waals surface area contributed by atoms with Crippen molar-refractivity contribution in [3.63, 3.8) is 0 Å². The van der Waals surface area contributed by atoms with Crippen LogP contribution in [0.25, 0.3) is 0 Å². The molecule has 3 atom stereocenters. The van der Waals surface area contributed by atoms with Gasteiger partial charge in [-0.2, -0.15) is 13.2 Å². The fourth-order valence-electron chi connectivity index (χ4n) is 3.40. The molecule has 1 aromatic rings. The fourth-order valence-corrected chi connectivity index (χ4v) is 3.40. The lowest BCUT2D eigenvalue weighted by Crippen LogP contribution is -2.63. The first kappa shape index (κ1) is 17.4. The maximum absolute atomic E-state index is 14.4. The molecule has 0 unspecified atom stereocenters. The van der Waals surface area contributed by atoms with Gasteiger partial charge in [-0.1, -0.05) is 0 Å². The van der Waals surface area contributed by atoms with E-state index in [1.54, 1.807) is 0 Å². The van der Waals surface area contributed by atoms with E-state index in [9.17, 15) is 27.7 Å². The number of nitro benzene ring substituents is 1. The summed E-state index contributed by atoms with van der Waals surface area (Å²) >= 11 is 0. The van der Waals surface area contributed by atoms with E-state index in [1.807, 2.05) is 0 Å². The van der Waals surface area contributed by atoms with Gasteiger partial charge in [0.15, 0.2) is 0 Å².